The molecule has 16 nitrogen and oxygen atoms in total. The van der Waals surface area contributed by atoms with Gasteiger partial charge in [0.05, 0.1) is 0 Å². The van der Waals surface area contributed by atoms with E-state index in [1.807, 2.05) is 0 Å². The van der Waals surface area contributed by atoms with Gasteiger partial charge in [-0.2, -0.15) is 0 Å². The summed E-state index contributed by atoms with van der Waals surface area (Å²) in [4.78, 5) is 0. The molecule has 0 atom stereocenters. The fourth-order valence-electron chi connectivity index (χ4n) is 4.88. The minimum Gasteiger partial charge on any atom is 0 e. The molecule has 0 aromatic carbocycles. The molecule has 1 saturated heterocycles. The molecule has 0 saturated carbocycles. The third kappa shape index (κ3) is 33.6. The van der Waals surface area contributed by atoms with Crippen LogP contribution in [0.3, 0.4) is 0 Å². The van der Waals surface area contributed by atoms with Crippen LogP contribution in [-0.4, -0.2) is 67.0 Å². The van der Waals surface area contributed by atoms with Gasteiger partial charge in [0.25, 0.3) is 0 Å². The summed E-state index contributed by atoms with van der Waals surface area (Å²) in [6.07, 6.45) is 0. The van der Waals surface area contributed by atoms with Crippen LogP contribution in [0, 0.1) is 53.2 Å². The Morgan fingerprint density at radius 2 is 0.333 bits per heavy atom. The fraction of sp³-hybridized carbons (Fsp3) is 0.750. The maximum atomic E-state index is 7.50. The van der Waals surface area contributed by atoms with Gasteiger partial charge < -0.3 is 0 Å². The minimum absolute atomic E-state index is 0. The van der Waals surface area contributed by atoms with E-state index in [0.717, 1.165) is 0 Å². The molecule has 0 spiro atoms. The van der Waals surface area contributed by atoms with Crippen LogP contribution >= 0.6 is 34.1 Å². The number of rotatable bonds is 12. The summed E-state index contributed by atoms with van der Waals surface area (Å²) in [7, 11) is -7.45. The normalized spacial score (nSPS) is 17.0. The average Bonchev–Trinajstić information content (AvgIpc) is 3.09. The largest absolute Gasteiger partial charge is 0 e. The SMILES string of the molecule is CC(C)N(C(C)C)[PH+]1O[PH+](N(C(C)C)C(C)C)O[PH+](N(C(C)C)C(C)C)O[PH+](N(C(C)C)C(C)C)O1.[C-]#[O+].[C-]#[O+].[C-]#[O+].[C-]#[O+].[C-]#[O+].[C-]#[O+].[C-]#[O+].[C-]#[O+].[Mo].[Mo]. The first-order chi connectivity index (χ1) is 24.5. The van der Waals surface area contributed by atoms with Gasteiger partial charge in [0.2, 0.25) is 0 Å². The zero-order valence-corrected chi connectivity index (χ0v) is 42.1. The van der Waals surface area contributed by atoms with Crippen molar-refractivity contribution in [2.45, 2.75) is 159 Å². The summed E-state index contributed by atoms with van der Waals surface area (Å²) in [6, 6.07) is 2.30. The summed E-state index contributed by atoms with van der Waals surface area (Å²) in [5.74, 6) is 0. The van der Waals surface area contributed by atoms with E-state index >= 15 is 0 Å². The van der Waals surface area contributed by atoms with E-state index in [0.29, 0.717) is 0 Å². The number of hydrogen-bond donors (Lipinski definition) is 0. The number of hydrogen-bond acceptors (Lipinski definition) is 8. The zero-order valence-electron chi connectivity index (χ0n) is 34.1. The van der Waals surface area contributed by atoms with Crippen molar-refractivity contribution in [3.63, 3.8) is 0 Å². The predicted octanol–water partition coefficient (Wildman–Crippen LogP) is 8.07. The third-order valence-corrected chi connectivity index (χ3v) is 17.4. The van der Waals surface area contributed by atoms with Gasteiger partial charge in [0.1, 0.15) is 0 Å². The molecule has 0 N–H and O–H groups in total. The van der Waals surface area contributed by atoms with Crippen molar-refractivity contribution in [2.75, 3.05) is 0 Å². The molecule has 1 heterocycles. The Morgan fingerprint density at radius 1 is 0.259 bits per heavy atom. The molecule has 1 aliphatic rings. The summed E-state index contributed by atoms with van der Waals surface area (Å²) < 4.78 is 97.9. The van der Waals surface area contributed by atoms with Crippen LogP contribution in [-0.2, 0) is 96.6 Å². The van der Waals surface area contributed by atoms with E-state index in [2.05, 4.69) is 183 Å². The quantitative estimate of drug-likeness (QED) is 0.0806. The smallest absolute Gasteiger partial charge is 0 e. The summed E-state index contributed by atoms with van der Waals surface area (Å²) in [5.41, 5.74) is 0. The van der Waals surface area contributed by atoms with E-state index < -0.39 is 34.1 Å². The fourth-order valence-corrected chi connectivity index (χ4v) is 16.2. The van der Waals surface area contributed by atoms with E-state index in [-0.39, 0.29) is 90.5 Å². The van der Waals surface area contributed by atoms with Crippen molar-refractivity contribution in [2.24, 2.45) is 0 Å². The van der Waals surface area contributed by atoms with E-state index in [1.54, 1.807) is 0 Å². The molecule has 0 bridgehead atoms. The molecular formula is C32H60Mo2N4O12P4+4. The van der Waals surface area contributed by atoms with Crippen molar-refractivity contribution < 1.29 is 96.6 Å². The summed E-state index contributed by atoms with van der Waals surface area (Å²) >= 11 is 0. The first-order valence-electron chi connectivity index (χ1n) is 15.5. The summed E-state index contributed by atoms with van der Waals surface area (Å²) in [6.45, 7) is 71.6. The van der Waals surface area contributed by atoms with Crippen LogP contribution in [0.4, 0.5) is 0 Å². The van der Waals surface area contributed by atoms with Crippen molar-refractivity contribution >= 4 is 34.1 Å². The van der Waals surface area contributed by atoms with Crippen LogP contribution in [0.1, 0.15) is 111 Å². The van der Waals surface area contributed by atoms with Gasteiger partial charge in [-0.05, 0) is 111 Å². The first-order valence-corrected chi connectivity index (χ1v) is 20.5. The second-order valence-corrected chi connectivity index (χ2v) is 19.3. The summed E-state index contributed by atoms with van der Waals surface area (Å²) in [5, 5.41) is 0. The van der Waals surface area contributed by atoms with Crippen LogP contribution in [0.25, 0.3) is 0 Å². The topological polar surface area (TPSA) is 209 Å². The van der Waals surface area contributed by atoms with Gasteiger partial charge in [-0.1, -0.05) is 0 Å². The molecule has 0 aromatic rings. The average molecular weight is 1010 g/mol. The van der Waals surface area contributed by atoms with Crippen LogP contribution in [0.5, 0.6) is 0 Å². The van der Waals surface area contributed by atoms with Gasteiger partial charge in [-0.3, -0.25) is 0 Å². The van der Waals surface area contributed by atoms with Crippen molar-refractivity contribution in [1.29, 1.82) is 0 Å². The molecule has 1 fully saturated rings. The van der Waals surface area contributed by atoms with Gasteiger partial charge in [-0.25, -0.2) is 0 Å². The van der Waals surface area contributed by atoms with E-state index in [1.165, 1.54) is 0 Å². The molecule has 22 heteroatoms. The van der Waals surface area contributed by atoms with E-state index in [9.17, 15) is 0 Å². The van der Waals surface area contributed by atoms with Gasteiger partial charge in [-0.15, -0.1) is 18.7 Å². The van der Waals surface area contributed by atoms with Crippen LogP contribution in [0.15, 0.2) is 0 Å². The van der Waals surface area contributed by atoms with Crippen molar-refractivity contribution in [3.05, 3.63) is 53.2 Å². The molecule has 0 radical (unpaired) electrons. The number of nitrogens with zero attached hydrogens (tertiary/aromatic N) is 4. The zero-order chi connectivity index (χ0) is 44.1. The second kappa shape index (κ2) is 53.7. The predicted molar refractivity (Wildman–Crippen MR) is 197 cm³/mol. The Morgan fingerprint density at radius 3 is 0.389 bits per heavy atom. The third-order valence-electron chi connectivity index (χ3n) is 5.99. The first kappa shape index (κ1) is 78.9. The Balaban J connectivity index is -0.000000118. The minimum atomic E-state index is -1.86. The van der Waals surface area contributed by atoms with Crippen LogP contribution < -0.4 is 0 Å². The molecule has 54 heavy (non-hydrogen) atoms. The molecule has 0 amide bonds. The molecule has 0 aromatic heterocycles. The Kier molecular flexibility index (Phi) is 78.5. The van der Waals surface area contributed by atoms with Gasteiger partial charge >= 0.3 is 125 Å². The molecule has 0 unspecified atom stereocenters. The second-order valence-electron chi connectivity index (χ2n) is 11.9. The molecule has 1 aliphatic heterocycles. The monoisotopic (exact) mass is 1010 g/mol. The maximum absolute atomic E-state index is 7.50. The molecule has 0 aliphatic carbocycles. The van der Waals surface area contributed by atoms with E-state index in [4.69, 9.17) is 54.5 Å². The van der Waals surface area contributed by atoms with Gasteiger partial charge in [0, 0.05) is 108 Å². The standard InChI is InChI=1S/C24H56N4O4P4.8CO.2Mo/c1-17(2)25(18(3)4)33-29-34(26(19(5)6)20(7)8)31-36(28(23(13)14)24(15)16)32-35(30-33)27(21(9)10)22(11)12;8*1-2;;/h17-24H,1-16H3;;;;;;;;;;/p+4. The molecular weight excluding hydrogens is 948 g/mol. The van der Waals surface area contributed by atoms with Crippen molar-refractivity contribution in [1.82, 2.24) is 18.7 Å². The van der Waals surface area contributed by atoms with Crippen LogP contribution in [0.2, 0.25) is 0 Å². The Hall–Kier alpha value is 0.697. The Labute approximate surface area is 359 Å². The van der Waals surface area contributed by atoms with Crippen molar-refractivity contribution in [3.8, 4) is 0 Å². The Bertz CT molecular complexity index is 769. The van der Waals surface area contributed by atoms with Gasteiger partial charge in [0.15, 0.2) is 0 Å². The maximum Gasteiger partial charge on any atom is 0 e. The molecule has 1 rings (SSSR count). The molecule has 308 valence electrons.